The Morgan fingerprint density at radius 3 is 2.65 bits per heavy atom. The Balaban J connectivity index is 1.75. The molecule has 4 rings (SSSR count). The third-order valence-corrected chi connectivity index (χ3v) is 7.13. The summed E-state index contributed by atoms with van der Waals surface area (Å²) in [6.45, 7) is 4.93. The Morgan fingerprint density at radius 1 is 1.18 bits per heavy atom. The summed E-state index contributed by atoms with van der Waals surface area (Å²) in [5.41, 5.74) is 1.61. The molecule has 0 amide bonds. The van der Waals surface area contributed by atoms with Crippen LogP contribution >= 0.6 is 22.7 Å². The molecule has 2 aromatic heterocycles. The van der Waals surface area contributed by atoms with Gasteiger partial charge in [-0.2, -0.15) is 0 Å². The highest BCUT2D eigenvalue weighted by atomic mass is 32.1. The highest BCUT2D eigenvalue weighted by molar-refractivity contribution is 7.10. The average Bonchev–Trinajstić information content (AvgIpc) is 3.46. The Labute approximate surface area is 205 Å². The van der Waals surface area contributed by atoms with Crippen LogP contribution in [0.3, 0.4) is 0 Å². The minimum absolute atomic E-state index is 0.131. The standard InChI is InChI=1S/C25H26N2O5S2/c1-4-11-31-18-9-7-17(8-10-18)15-20-23(28)27-22(19-6-5-14-33-19)21(16(2)26-25(27)34-20)24(29)32-13-12-30-3/h5-10,14-15,22H,4,11-13H2,1-3H3/b20-15-/t22-/m0/s1. The molecule has 3 heterocycles. The molecule has 9 heteroatoms. The number of aromatic nitrogens is 1. The van der Waals surface area contributed by atoms with Crippen LogP contribution in [0, 0.1) is 0 Å². The molecule has 0 unspecified atom stereocenters. The van der Waals surface area contributed by atoms with Gasteiger partial charge in [-0.05, 0) is 48.6 Å². The topological polar surface area (TPSA) is 79.1 Å². The number of carbonyl (C=O) groups is 1. The van der Waals surface area contributed by atoms with Crippen molar-refractivity contribution >= 4 is 34.7 Å². The van der Waals surface area contributed by atoms with E-state index in [1.165, 1.54) is 22.7 Å². The van der Waals surface area contributed by atoms with E-state index in [-0.39, 0.29) is 12.2 Å². The zero-order valence-electron chi connectivity index (χ0n) is 19.3. The molecule has 0 saturated carbocycles. The quantitative estimate of drug-likeness (QED) is 0.334. The molecule has 1 aliphatic heterocycles. The molecule has 1 aromatic carbocycles. The van der Waals surface area contributed by atoms with Crippen molar-refractivity contribution in [1.29, 1.82) is 0 Å². The van der Waals surface area contributed by atoms with Gasteiger partial charge in [-0.25, -0.2) is 9.79 Å². The van der Waals surface area contributed by atoms with Gasteiger partial charge in [0.15, 0.2) is 4.80 Å². The van der Waals surface area contributed by atoms with Crippen LogP contribution in [0.1, 0.15) is 36.8 Å². The van der Waals surface area contributed by atoms with Gasteiger partial charge in [-0.3, -0.25) is 9.36 Å². The fraction of sp³-hybridized carbons (Fsp3) is 0.320. The highest BCUT2D eigenvalue weighted by Gasteiger charge is 2.34. The molecule has 0 bridgehead atoms. The summed E-state index contributed by atoms with van der Waals surface area (Å²) in [4.78, 5) is 32.6. The number of rotatable bonds is 9. The molecule has 0 spiro atoms. The molecule has 0 aliphatic carbocycles. The van der Waals surface area contributed by atoms with Gasteiger partial charge >= 0.3 is 5.97 Å². The number of thiophene rings is 1. The second-order valence-corrected chi connectivity index (χ2v) is 9.63. The number of thiazole rings is 1. The summed E-state index contributed by atoms with van der Waals surface area (Å²) in [7, 11) is 1.55. The highest BCUT2D eigenvalue weighted by Crippen LogP contribution is 2.33. The molecular weight excluding hydrogens is 472 g/mol. The molecule has 34 heavy (non-hydrogen) atoms. The van der Waals surface area contributed by atoms with Crippen LogP contribution in [-0.2, 0) is 14.3 Å². The van der Waals surface area contributed by atoms with Crippen LogP contribution < -0.4 is 19.6 Å². The van der Waals surface area contributed by atoms with Crippen molar-refractivity contribution < 1.29 is 19.0 Å². The van der Waals surface area contributed by atoms with Crippen molar-refractivity contribution in [2.75, 3.05) is 26.9 Å². The monoisotopic (exact) mass is 498 g/mol. The molecule has 1 atom stereocenters. The molecule has 1 aliphatic rings. The first-order valence-corrected chi connectivity index (χ1v) is 12.7. The van der Waals surface area contributed by atoms with E-state index < -0.39 is 12.0 Å². The number of esters is 1. The zero-order valence-corrected chi connectivity index (χ0v) is 20.9. The summed E-state index contributed by atoms with van der Waals surface area (Å²) < 4.78 is 18.2. The van der Waals surface area contributed by atoms with E-state index in [0.29, 0.717) is 33.8 Å². The minimum Gasteiger partial charge on any atom is -0.494 e. The lowest BCUT2D eigenvalue weighted by Gasteiger charge is -2.23. The van der Waals surface area contributed by atoms with E-state index in [9.17, 15) is 9.59 Å². The number of methoxy groups -OCH3 is 1. The van der Waals surface area contributed by atoms with Crippen LogP contribution in [0.25, 0.3) is 6.08 Å². The third-order valence-electron chi connectivity index (χ3n) is 5.23. The van der Waals surface area contributed by atoms with E-state index in [1.54, 1.807) is 18.6 Å². The van der Waals surface area contributed by atoms with Gasteiger partial charge in [-0.1, -0.05) is 36.5 Å². The summed E-state index contributed by atoms with van der Waals surface area (Å²) >= 11 is 2.80. The lowest BCUT2D eigenvalue weighted by molar-refractivity contribution is -0.140. The molecule has 0 fully saturated rings. The average molecular weight is 499 g/mol. The first kappa shape index (κ1) is 24.1. The maximum atomic E-state index is 13.5. The number of carbonyl (C=O) groups excluding carboxylic acids is 1. The van der Waals surface area contributed by atoms with Gasteiger partial charge in [-0.15, -0.1) is 11.3 Å². The van der Waals surface area contributed by atoms with Crippen molar-refractivity contribution in [3.63, 3.8) is 0 Å². The smallest absolute Gasteiger partial charge is 0.338 e. The lowest BCUT2D eigenvalue weighted by atomic mass is 10.0. The SMILES string of the molecule is CCCOc1ccc(/C=c2\sc3n(c2=O)[C@@H](c2cccs2)C(C(=O)OCCOC)=C(C)N=3)cc1. The minimum atomic E-state index is -0.585. The fourth-order valence-corrected chi connectivity index (χ4v) is 5.50. The van der Waals surface area contributed by atoms with E-state index in [0.717, 1.165) is 22.6 Å². The normalized spacial score (nSPS) is 15.7. The Hall–Kier alpha value is -3.01. The van der Waals surface area contributed by atoms with Crippen molar-refractivity contribution in [3.8, 4) is 5.75 Å². The largest absolute Gasteiger partial charge is 0.494 e. The first-order valence-electron chi connectivity index (χ1n) is 11.0. The maximum Gasteiger partial charge on any atom is 0.338 e. The third kappa shape index (κ3) is 5.06. The Morgan fingerprint density at radius 2 is 1.97 bits per heavy atom. The van der Waals surface area contributed by atoms with Crippen LogP contribution in [0.5, 0.6) is 5.75 Å². The van der Waals surface area contributed by atoms with E-state index >= 15 is 0 Å². The number of ether oxygens (including phenoxy) is 3. The van der Waals surface area contributed by atoms with Crippen molar-refractivity contribution in [2.24, 2.45) is 4.99 Å². The van der Waals surface area contributed by atoms with Gasteiger partial charge in [0.25, 0.3) is 5.56 Å². The van der Waals surface area contributed by atoms with Crippen LogP contribution in [0.4, 0.5) is 0 Å². The number of fused-ring (bicyclic) bond motifs is 1. The Kier molecular flexibility index (Phi) is 7.77. The van der Waals surface area contributed by atoms with E-state index in [4.69, 9.17) is 14.2 Å². The zero-order chi connectivity index (χ0) is 24.1. The Bertz CT molecular complexity index is 1350. The van der Waals surface area contributed by atoms with Gasteiger partial charge in [0, 0.05) is 12.0 Å². The van der Waals surface area contributed by atoms with E-state index in [2.05, 4.69) is 11.9 Å². The lowest BCUT2D eigenvalue weighted by Crippen LogP contribution is -2.39. The predicted molar refractivity (Wildman–Crippen MR) is 133 cm³/mol. The fourth-order valence-electron chi connectivity index (χ4n) is 3.63. The van der Waals surface area contributed by atoms with Crippen LogP contribution in [-0.4, -0.2) is 37.5 Å². The number of allylic oxidation sites excluding steroid dienone is 1. The number of hydrogen-bond acceptors (Lipinski definition) is 8. The second-order valence-electron chi connectivity index (χ2n) is 7.64. The number of benzene rings is 1. The molecule has 0 saturated heterocycles. The number of nitrogens with zero attached hydrogens (tertiary/aromatic N) is 2. The summed E-state index contributed by atoms with van der Waals surface area (Å²) in [5, 5.41) is 1.93. The molecule has 7 nitrogen and oxygen atoms in total. The first-order chi connectivity index (χ1) is 16.5. The van der Waals surface area contributed by atoms with Gasteiger partial charge in [0.2, 0.25) is 0 Å². The predicted octanol–water partition coefficient (Wildman–Crippen LogP) is 3.28. The maximum absolute atomic E-state index is 13.5. The summed E-state index contributed by atoms with van der Waals surface area (Å²) in [6.07, 6.45) is 2.78. The van der Waals surface area contributed by atoms with Crippen molar-refractivity contribution in [2.45, 2.75) is 26.3 Å². The van der Waals surface area contributed by atoms with Crippen LogP contribution in [0.15, 0.2) is 62.8 Å². The van der Waals surface area contributed by atoms with Gasteiger partial charge in [0.1, 0.15) is 18.4 Å². The molecule has 0 radical (unpaired) electrons. The second kappa shape index (κ2) is 10.9. The molecular formula is C25H26N2O5S2. The van der Waals surface area contributed by atoms with Crippen molar-refractivity contribution in [3.05, 3.63) is 83.2 Å². The number of hydrogen-bond donors (Lipinski definition) is 0. The summed E-state index contributed by atoms with van der Waals surface area (Å²) in [6, 6.07) is 10.9. The van der Waals surface area contributed by atoms with Crippen molar-refractivity contribution in [1.82, 2.24) is 4.57 Å². The van der Waals surface area contributed by atoms with Gasteiger partial charge in [0.05, 0.1) is 29.0 Å². The van der Waals surface area contributed by atoms with E-state index in [1.807, 2.05) is 47.9 Å². The molecule has 0 N–H and O–H groups in total. The summed E-state index contributed by atoms with van der Waals surface area (Å²) in [5.74, 6) is 0.305. The van der Waals surface area contributed by atoms with Crippen LogP contribution in [0.2, 0.25) is 0 Å². The molecule has 3 aromatic rings. The molecule has 178 valence electrons. The van der Waals surface area contributed by atoms with Gasteiger partial charge < -0.3 is 14.2 Å².